The summed E-state index contributed by atoms with van der Waals surface area (Å²) in [6.07, 6.45) is 1.96. The SMILES string of the molecule is CC(CN1CCC2(CC1)COc1cc(SCc3c(Cl)cc(Cl)cc3Cl)ccc12)C(=O)O.Cl. The minimum absolute atomic E-state index is 0. The van der Waals surface area contributed by atoms with E-state index in [2.05, 4.69) is 23.1 Å². The number of likely N-dealkylation sites (tertiary alicyclic amines) is 1. The van der Waals surface area contributed by atoms with Gasteiger partial charge in [-0.2, -0.15) is 0 Å². The van der Waals surface area contributed by atoms with Gasteiger partial charge in [0.25, 0.3) is 0 Å². The maximum absolute atomic E-state index is 11.1. The van der Waals surface area contributed by atoms with E-state index in [0.717, 1.165) is 42.1 Å². The molecular formula is C23H25Cl4NO3S. The van der Waals surface area contributed by atoms with Gasteiger partial charge in [0.1, 0.15) is 5.75 Å². The number of benzene rings is 2. The van der Waals surface area contributed by atoms with Gasteiger partial charge in [-0.25, -0.2) is 0 Å². The van der Waals surface area contributed by atoms with Crippen LogP contribution < -0.4 is 4.74 Å². The molecule has 1 fully saturated rings. The van der Waals surface area contributed by atoms with Gasteiger partial charge in [0.15, 0.2) is 0 Å². The Kier molecular flexibility index (Phi) is 8.56. The van der Waals surface area contributed by atoms with E-state index >= 15 is 0 Å². The highest BCUT2D eigenvalue weighted by molar-refractivity contribution is 7.98. The smallest absolute Gasteiger partial charge is 0.307 e. The van der Waals surface area contributed by atoms with Crippen LogP contribution in [-0.2, 0) is 16.0 Å². The van der Waals surface area contributed by atoms with Gasteiger partial charge in [-0.15, -0.1) is 24.2 Å². The van der Waals surface area contributed by atoms with E-state index in [1.165, 1.54) is 5.56 Å². The number of aliphatic carboxylic acids is 1. The minimum Gasteiger partial charge on any atom is -0.492 e. The third kappa shape index (κ3) is 5.45. The van der Waals surface area contributed by atoms with E-state index in [0.29, 0.717) is 34.0 Å². The van der Waals surface area contributed by atoms with E-state index in [1.807, 2.05) is 0 Å². The van der Waals surface area contributed by atoms with E-state index in [4.69, 9.17) is 44.6 Å². The Morgan fingerprint density at radius 1 is 1.19 bits per heavy atom. The van der Waals surface area contributed by atoms with Crippen LogP contribution in [0.4, 0.5) is 0 Å². The number of hydrogen-bond donors (Lipinski definition) is 1. The summed E-state index contributed by atoms with van der Waals surface area (Å²) >= 11 is 20.3. The Balaban J connectivity index is 0.00000289. The van der Waals surface area contributed by atoms with E-state index in [-0.39, 0.29) is 23.7 Å². The highest BCUT2D eigenvalue weighted by Crippen LogP contribution is 2.47. The topological polar surface area (TPSA) is 49.8 Å². The molecule has 0 amide bonds. The Morgan fingerprint density at radius 2 is 1.84 bits per heavy atom. The molecular weight excluding hydrogens is 512 g/mol. The van der Waals surface area contributed by atoms with Crippen molar-refractivity contribution < 1.29 is 14.6 Å². The van der Waals surface area contributed by atoms with Crippen molar-refractivity contribution in [2.75, 3.05) is 26.2 Å². The standard InChI is InChI=1S/C23H24Cl3NO3S.ClH/c1-14(22(28)29)11-27-6-4-23(5-7-27)13-30-21-10-16(2-3-18(21)23)31-12-17-19(25)8-15(24)9-20(17)26;/h2-3,8-10,14H,4-7,11-13H2,1H3,(H,28,29);1H. The van der Waals surface area contributed by atoms with Crippen LogP contribution in [-0.4, -0.2) is 42.2 Å². The molecule has 1 N–H and O–H groups in total. The lowest BCUT2D eigenvalue weighted by molar-refractivity contribution is -0.141. The average molecular weight is 537 g/mol. The molecule has 1 unspecified atom stereocenters. The summed E-state index contributed by atoms with van der Waals surface area (Å²) in [7, 11) is 0. The number of piperidine rings is 1. The van der Waals surface area contributed by atoms with Crippen molar-refractivity contribution >= 4 is 64.9 Å². The molecule has 32 heavy (non-hydrogen) atoms. The number of carbonyl (C=O) groups is 1. The first kappa shape index (κ1) is 25.8. The van der Waals surface area contributed by atoms with Crippen molar-refractivity contribution in [3.05, 3.63) is 56.5 Å². The van der Waals surface area contributed by atoms with Crippen molar-refractivity contribution in [3.63, 3.8) is 0 Å². The van der Waals surface area contributed by atoms with Gasteiger partial charge >= 0.3 is 5.97 Å². The molecule has 0 radical (unpaired) electrons. The first-order valence-corrected chi connectivity index (χ1v) is 12.4. The highest BCUT2D eigenvalue weighted by Gasteiger charge is 2.43. The molecule has 4 rings (SSSR count). The number of carboxylic acids is 1. The Bertz CT molecular complexity index is 972. The molecule has 2 aliphatic heterocycles. The first-order valence-electron chi connectivity index (χ1n) is 10.3. The van der Waals surface area contributed by atoms with Crippen molar-refractivity contribution in [3.8, 4) is 5.75 Å². The third-order valence-electron chi connectivity index (χ3n) is 6.28. The van der Waals surface area contributed by atoms with Crippen LogP contribution in [0.15, 0.2) is 35.2 Å². The fourth-order valence-electron chi connectivity index (χ4n) is 4.35. The van der Waals surface area contributed by atoms with Gasteiger partial charge in [0, 0.05) is 43.2 Å². The summed E-state index contributed by atoms with van der Waals surface area (Å²) in [5.41, 5.74) is 2.17. The fourth-order valence-corrected chi connectivity index (χ4v) is 6.44. The van der Waals surface area contributed by atoms with Gasteiger partial charge in [-0.05, 0) is 55.8 Å². The number of thioether (sulfide) groups is 1. The zero-order valence-electron chi connectivity index (χ0n) is 17.6. The summed E-state index contributed by atoms with van der Waals surface area (Å²) < 4.78 is 6.11. The van der Waals surface area contributed by atoms with Gasteiger partial charge in [0.2, 0.25) is 0 Å². The second kappa shape index (κ2) is 10.6. The predicted octanol–water partition coefficient (Wildman–Crippen LogP) is 6.81. The molecule has 0 bridgehead atoms. The van der Waals surface area contributed by atoms with Gasteiger partial charge < -0.3 is 14.7 Å². The van der Waals surface area contributed by atoms with Crippen molar-refractivity contribution in [2.24, 2.45) is 5.92 Å². The maximum Gasteiger partial charge on any atom is 0.307 e. The molecule has 0 aromatic heterocycles. The van der Waals surface area contributed by atoms with Crippen LogP contribution in [0.25, 0.3) is 0 Å². The maximum atomic E-state index is 11.1. The molecule has 2 aromatic carbocycles. The van der Waals surface area contributed by atoms with E-state index < -0.39 is 5.97 Å². The van der Waals surface area contributed by atoms with Crippen molar-refractivity contribution in [1.82, 2.24) is 4.90 Å². The third-order valence-corrected chi connectivity index (χ3v) is 8.20. The largest absolute Gasteiger partial charge is 0.492 e. The van der Waals surface area contributed by atoms with Gasteiger partial charge in [0.05, 0.1) is 12.5 Å². The van der Waals surface area contributed by atoms with Crippen LogP contribution >= 0.6 is 59.0 Å². The molecule has 2 aliphatic rings. The number of ether oxygens (including phenoxy) is 1. The average Bonchev–Trinajstić information content (AvgIpc) is 3.06. The summed E-state index contributed by atoms with van der Waals surface area (Å²) in [6, 6.07) is 9.85. The summed E-state index contributed by atoms with van der Waals surface area (Å²) in [6.45, 7) is 4.84. The number of fused-ring (bicyclic) bond motifs is 2. The normalized spacial score (nSPS) is 18.0. The summed E-state index contributed by atoms with van der Waals surface area (Å²) in [5, 5.41) is 10.8. The monoisotopic (exact) mass is 535 g/mol. The second-order valence-electron chi connectivity index (χ2n) is 8.40. The van der Waals surface area contributed by atoms with Gasteiger partial charge in [-0.1, -0.05) is 47.8 Å². The zero-order chi connectivity index (χ0) is 22.2. The molecule has 2 heterocycles. The second-order valence-corrected chi connectivity index (χ2v) is 10.7. The van der Waals surface area contributed by atoms with Gasteiger partial charge in [-0.3, -0.25) is 4.79 Å². The van der Waals surface area contributed by atoms with E-state index in [9.17, 15) is 4.79 Å². The summed E-state index contributed by atoms with van der Waals surface area (Å²) in [5.74, 6) is 0.519. The van der Waals surface area contributed by atoms with Crippen LogP contribution in [0.2, 0.25) is 15.1 Å². The first-order chi connectivity index (χ1) is 14.8. The lowest BCUT2D eigenvalue weighted by Crippen LogP contribution is -2.45. The Hall–Kier alpha value is -0.820. The molecule has 1 spiro atoms. The molecule has 174 valence electrons. The minimum atomic E-state index is -0.735. The van der Waals surface area contributed by atoms with Crippen LogP contribution in [0.1, 0.15) is 30.9 Å². The number of nitrogens with zero attached hydrogens (tertiary/aromatic N) is 1. The predicted molar refractivity (Wildman–Crippen MR) is 134 cm³/mol. The molecule has 9 heteroatoms. The van der Waals surface area contributed by atoms with Crippen LogP contribution in [0, 0.1) is 5.92 Å². The number of halogens is 4. The molecule has 1 saturated heterocycles. The zero-order valence-corrected chi connectivity index (χ0v) is 21.5. The Morgan fingerprint density at radius 3 is 2.47 bits per heavy atom. The molecule has 2 aromatic rings. The van der Waals surface area contributed by atoms with Crippen molar-refractivity contribution in [2.45, 2.75) is 35.8 Å². The lowest BCUT2D eigenvalue weighted by atomic mass is 9.74. The number of carboxylic acid groups (broad SMARTS) is 1. The van der Waals surface area contributed by atoms with E-state index in [1.54, 1.807) is 30.8 Å². The highest BCUT2D eigenvalue weighted by atomic mass is 35.5. The number of rotatable bonds is 6. The molecule has 4 nitrogen and oxygen atoms in total. The lowest BCUT2D eigenvalue weighted by Gasteiger charge is -2.39. The van der Waals surface area contributed by atoms with Crippen molar-refractivity contribution in [1.29, 1.82) is 0 Å². The quantitative estimate of drug-likeness (QED) is 0.411. The summed E-state index contributed by atoms with van der Waals surface area (Å²) in [4.78, 5) is 14.5. The molecule has 0 saturated carbocycles. The number of hydrogen-bond acceptors (Lipinski definition) is 4. The molecule has 1 atom stereocenters. The van der Waals surface area contributed by atoms with Crippen LogP contribution in [0.5, 0.6) is 5.75 Å². The fraction of sp³-hybridized carbons (Fsp3) is 0.435. The molecule has 0 aliphatic carbocycles. The van der Waals surface area contributed by atoms with Crippen LogP contribution in [0.3, 0.4) is 0 Å². The Labute approximate surface area is 214 Å².